The molecule has 0 amide bonds. The van der Waals surface area contributed by atoms with Crippen molar-refractivity contribution in [3.63, 3.8) is 0 Å². The second kappa shape index (κ2) is 8.11. The van der Waals surface area contributed by atoms with Crippen LogP contribution < -0.4 is 9.64 Å². The largest absolute Gasteiger partial charge is 0.492 e. The fourth-order valence-electron chi connectivity index (χ4n) is 3.03. The molecule has 2 aromatic rings. The maximum atomic E-state index is 6.29. The number of ether oxygens (including phenoxy) is 1. The lowest BCUT2D eigenvalue weighted by molar-refractivity contribution is 0.248. The average Bonchev–Trinajstić information content (AvgIpc) is 2.59. The molecule has 5 heteroatoms. The van der Waals surface area contributed by atoms with Crippen LogP contribution in [0.1, 0.15) is 12.5 Å². The molecule has 0 aromatic heterocycles. The summed E-state index contributed by atoms with van der Waals surface area (Å²) in [6.45, 7) is 7.52. The van der Waals surface area contributed by atoms with Crippen LogP contribution in [0.3, 0.4) is 0 Å². The minimum atomic E-state index is 0.682. The van der Waals surface area contributed by atoms with Gasteiger partial charge in [0.05, 0.1) is 12.3 Å². The highest BCUT2D eigenvalue weighted by atomic mass is 35.5. The van der Waals surface area contributed by atoms with Crippen molar-refractivity contribution >= 4 is 28.9 Å². The zero-order chi connectivity index (χ0) is 16.9. The van der Waals surface area contributed by atoms with Gasteiger partial charge in [-0.15, -0.1) is 0 Å². The van der Waals surface area contributed by atoms with Crippen molar-refractivity contribution in [2.45, 2.75) is 13.5 Å². The minimum absolute atomic E-state index is 0.682. The number of hydrogen-bond acceptors (Lipinski definition) is 3. The van der Waals surface area contributed by atoms with Crippen molar-refractivity contribution in [1.29, 1.82) is 0 Å². The second-order valence-electron chi connectivity index (χ2n) is 5.90. The van der Waals surface area contributed by atoms with Crippen LogP contribution in [-0.2, 0) is 6.54 Å². The molecule has 0 N–H and O–H groups in total. The predicted molar refractivity (Wildman–Crippen MR) is 102 cm³/mol. The Morgan fingerprint density at radius 1 is 1.00 bits per heavy atom. The number of anilines is 1. The number of piperazine rings is 1. The van der Waals surface area contributed by atoms with Crippen molar-refractivity contribution < 1.29 is 4.74 Å². The van der Waals surface area contributed by atoms with Crippen molar-refractivity contribution in [2.24, 2.45) is 0 Å². The third-order valence-electron chi connectivity index (χ3n) is 4.29. The van der Waals surface area contributed by atoms with Crippen molar-refractivity contribution in [2.75, 3.05) is 37.7 Å². The molecular weight excluding hydrogens is 343 g/mol. The maximum Gasteiger partial charge on any atom is 0.142 e. The van der Waals surface area contributed by atoms with Gasteiger partial charge in [0.2, 0.25) is 0 Å². The summed E-state index contributed by atoms with van der Waals surface area (Å²) in [6.07, 6.45) is 0. The van der Waals surface area contributed by atoms with Gasteiger partial charge in [0.1, 0.15) is 5.75 Å². The van der Waals surface area contributed by atoms with Crippen molar-refractivity contribution in [3.05, 3.63) is 58.1 Å². The first-order chi connectivity index (χ1) is 11.7. The number of benzene rings is 2. The summed E-state index contributed by atoms with van der Waals surface area (Å²) in [5.74, 6) is 0.967. The Morgan fingerprint density at radius 2 is 1.75 bits per heavy atom. The Kier molecular flexibility index (Phi) is 5.88. The van der Waals surface area contributed by atoms with E-state index in [1.165, 1.54) is 5.69 Å². The van der Waals surface area contributed by atoms with Gasteiger partial charge in [0.15, 0.2) is 0 Å². The first-order valence-electron chi connectivity index (χ1n) is 8.30. The highest BCUT2D eigenvalue weighted by molar-refractivity contribution is 6.35. The van der Waals surface area contributed by atoms with E-state index in [2.05, 4.69) is 21.9 Å². The lowest BCUT2D eigenvalue weighted by Crippen LogP contribution is -2.46. The molecule has 0 unspecified atom stereocenters. The third-order valence-corrected chi connectivity index (χ3v) is 4.87. The van der Waals surface area contributed by atoms with Crippen molar-refractivity contribution in [1.82, 2.24) is 4.90 Å². The molecule has 3 rings (SSSR count). The van der Waals surface area contributed by atoms with Gasteiger partial charge in [-0.2, -0.15) is 0 Å². The summed E-state index contributed by atoms with van der Waals surface area (Å²) in [5, 5.41) is 1.42. The molecule has 2 aromatic carbocycles. The Balaban J connectivity index is 1.62. The quantitative estimate of drug-likeness (QED) is 0.763. The van der Waals surface area contributed by atoms with Gasteiger partial charge in [-0.05, 0) is 36.8 Å². The van der Waals surface area contributed by atoms with Crippen LogP contribution in [0, 0.1) is 0 Å². The predicted octanol–water partition coefficient (Wildman–Crippen LogP) is 4.71. The van der Waals surface area contributed by atoms with Gasteiger partial charge in [0.25, 0.3) is 0 Å². The van der Waals surface area contributed by atoms with Gasteiger partial charge < -0.3 is 9.64 Å². The first-order valence-corrected chi connectivity index (χ1v) is 9.06. The standard InChI is InChI=1S/C19H22Cl2N2O/c1-2-24-19-6-4-3-5-18(19)23-11-9-22(10-12-23)14-15-7-8-16(20)13-17(15)21/h3-8,13H,2,9-12,14H2,1H3. The lowest BCUT2D eigenvalue weighted by Gasteiger charge is -2.36. The molecule has 1 heterocycles. The lowest BCUT2D eigenvalue weighted by atomic mass is 10.2. The molecule has 0 saturated carbocycles. The van der Waals surface area contributed by atoms with Crippen LogP contribution in [0.2, 0.25) is 10.0 Å². The topological polar surface area (TPSA) is 15.7 Å². The Hall–Kier alpha value is -1.42. The highest BCUT2D eigenvalue weighted by Crippen LogP contribution is 2.29. The van der Waals surface area contributed by atoms with Crippen LogP contribution in [-0.4, -0.2) is 37.7 Å². The van der Waals surface area contributed by atoms with E-state index in [0.717, 1.165) is 49.1 Å². The summed E-state index contributed by atoms with van der Waals surface area (Å²) in [7, 11) is 0. The molecule has 24 heavy (non-hydrogen) atoms. The summed E-state index contributed by atoms with van der Waals surface area (Å²) in [4.78, 5) is 4.82. The molecular formula is C19H22Cl2N2O. The van der Waals surface area contributed by atoms with Gasteiger partial charge in [-0.3, -0.25) is 4.90 Å². The fourth-order valence-corrected chi connectivity index (χ4v) is 3.50. The summed E-state index contributed by atoms with van der Waals surface area (Å²) in [6, 6.07) is 14.0. The molecule has 1 fully saturated rings. The zero-order valence-corrected chi connectivity index (χ0v) is 15.4. The van der Waals surface area contributed by atoms with Gasteiger partial charge in [-0.25, -0.2) is 0 Å². The van der Waals surface area contributed by atoms with Crippen molar-refractivity contribution in [3.8, 4) is 5.75 Å². The van der Waals surface area contributed by atoms with Crippen LogP contribution in [0.4, 0.5) is 5.69 Å². The zero-order valence-electron chi connectivity index (χ0n) is 13.8. The summed E-state index contributed by atoms with van der Waals surface area (Å²) < 4.78 is 5.75. The van der Waals surface area contributed by atoms with Crippen LogP contribution in [0.25, 0.3) is 0 Å². The van der Waals surface area contributed by atoms with E-state index in [4.69, 9.17) is 27.9 Å². The monoisotopic (exact) mass is 364 g/mol. The maximum absolute atomic E-state index is 6.29. The second-order valence-corrected chi connectivity index (χ2v) is 6.74. The van der Waals surface area contributed by atoms with E-state index < -0.39 is 0 Å². The molecule has 0 bridgehead atoms. The molecule has 0 aliphatic carbocycles. The van der Waals surface area contributed by atoms with E-state index in [1.54, 1.807) is 0 Å². The molecule has 1 saturated heterocycles. The van der Waals surface area contributed by atoms with Crippen LogP contribution >= 0.6 is 23.2 Å². The SMILES string of the molecule is CCOc1ccccc1N1CCN(Cc2ccc(Cl)cc2Cl)CC1. The average molecular weight is 365 g/mol. The molecule has 0 spiro atoms. The summed E-state index contributed by atoms with van der Waals surface area (Å²) in [5.41, 5.74) is 2.31. The molecule has 3 nitrogen and oxygen atoms in total. The van der Waals surface area contributed by atoms with Gasteiger partial charge in [0, 0.05) is 42.8 Å². The smallest absolute Gasteiger partial charge is 0.142 e. The molecule has 0 radical (unpaired) electrons. The number of para-hydroxylation sites is 2. The van der Waals surface area contributed by atoms with Gasteiger partial charge >= 0.3 is 0 Å². The van der Waals surface area contributed by atoms with Gasteiger partial charge in [-0.1, -0.05) is 41.4 Å². The van der Waals surface area contributed by atoms with E-state index in [0.29, 0.717) is 11.6 Å². The third kappa shape index (κ3) is 4.15. The van der Waals surface area contributed by atoms with Crippen LogP contribution in [0.5, 0.6) is 5.75 Å². The highest BCUT2D eigenvalue weighted by Gasteiger charge is 2.20. The Labute approximate surface area is 153 Å². The Morgan fingerprint density at radius 3 is 2.46 bits per heavy atom. The van der Waals surface area contributed by atoms with E-state index in [1.807, 2.05) is 37.3 Å². The number of rotatable bonds is 5. The molecule has 128 valence electrons. The number of halogens is 2. The van der Waals surface area contributed by atoms with E-state index >= 15 is 0 Å². The molecule has 1 aliphatic rings. The van der Waals surface area contributed by atoms with E-state index in [-0.39, 0.29) is 0 Å². The molecule has 0 atom stereocenters. The fraction of sp³-hybridized carbons (Fsp3) is 0.368. The summed E-state index contributed by atoms with van der Waals surface area (Å²) >= 11 is 12.3. The first kappa shape index (κ1) is 17.4. The van der Waals surface area contributed by atoms with Crippen LogP contribution in [0.15, 0.2) is 42.5 Å². The molecule has 1 aliphatic heterocycles. The number of hydrogen-bond donors (Lipinski definition) is 0. The Bertz CT molecular complexity index is 685. The minimum Gasteiger partial charge on any atom is -0.492 e. The normalized spacial score (nSPS) is 15.5. The van der Waals surface area contributed by atoms with E-state index in [9.17, 15) is 0 Å². The number of nitrogens with zero attached hydrogens (tertiary/aromatic N) is 2.